The van der Waals surface area contributed by atoms with E-state index in [9.17, 15) is 8.78 Å². The van der Waals surface area contributed by atoms with E-state index >= 15 is 0 Å². The number of benzene rings is 1. The minimum Gasteiger partial charge on any atom is -0.354 e. The van der Waals surface area contributed by atoms with Crippen molar-refractivity contribution in [2.45, 2.75) is 19.8 Å². The first-order valence-corrected chi connectivity index (χ1v) is 7.01. The molecule has 21 heavy (non-hydrogen) atoms. The first-order valence-electron chi connectivity index (χ1n) is 7.01. The molecule has 2 aromatic rings. The molecule has 6 heteroatoms. The monoisotopic (exact) mass is 290 g/mol. The Hall–Kier alpha value is -2.24. The van der Waals surface area contributed by atoms with Crippen molar-refractivity contribution in [3.63, 3.8) is 0 Å². The molecule has 0 spiro atoms. The minimum absolute atomic E-state index is 0.188. The van der Waals surface area contributed by atoms with Crippen molar-refractivity contribution < 1.29 is 8.78 Å². The summed E-state index contributed by atoms with van der Waals surface area (Å²) >= 11 is 0. The lowest BCUT2D eigenvalue weighted by atomic mass is 10.2. The summed E-state index contributed by atoms with van der Waals surface area (Å²) in [6, 6.07) is 4.58. The third-order valence-corrected chi connectivity index (χ3v) is 3.46. The lowest BCUT2D eigenvalue weighted by molar-refractivity contribution is 0.611. The fraction of sp³-hybridized carbons (Fsp3) is 0.333. The number of hydrogen-bond acceptors (Lipinski definition) is 4. The van der Waals surface area contributed by atoms with Crippen molar-refractivity contribution in [2.24, 2.45) is 0 Å². The summed E-state index contributed by atoms with van der Waals surface area (Å²) < 4.78 is 27.5. The van der Waals surface area contributed by atoms with E-state index in [-0.39, 0.29) is 11.6 Å². The van der Waals surface area contributed by atoms with Crippen LogP contribution in [-0.4, -0.2) is 23.1 Å². The number of nitrogens with one attached hydrogen (secondary N) is 1. The molecule has 1 aromatic heterocycles. The van der Waals surface area contributed by atoms with Crippen molar-refractivity contribution >= 4 is 17.5 Å². The topological polar surface area (TPSA) is 41.1 Å². The Bertz CT molecular complexity index is 660. The number of rotatable bonds is 4. The molecule has 0 unspecified atom stereocenters. The van der Waals surface area contributed by atoms with E-state index in [4.69, 9.17) is 0 Å². The van der Waals surface area contributed by atoms with E-state index in [1.807, 2.05) is 6.92 Å². The largest absolute Gasteiger partial charge is 0.354 e. The molecule has 1 aromatic carbocycles. The van der Waals surface area contributed by atoms with Gasteiger partial charge < -0.3 is 10.2 Å². The van der Waals surface area contributed by atoms with Crippen LogP contribution in [0.25, 0.3) is 0 Å². The van der Waals surface area contributed by atoms with Gasteiger partial charge in [-0.25, -0.2) is 13.8 Å². The zero-order valence-corrected chi connectivity index (χ0v) is 11.7. The number of halogens is 2. The van der Waals surface area contributed by atoms with Crippen LogP contribution in [0.4, 0.5) is 26.2 Å². The zero-order chi connectivity index (χ0) is 14.8. The van der Waals surface area contributed by atoms with E-state index in [0.29, 0.717) is 18.2 Å². The van der Waals surface area contributed by atoms with E-state index < -0.39 is 5.82 Å². The second-order valence-electron chi connectivity index (χ2n) is 4.97. The van der Waals surface area contributed by atoms with Crippen molar-refractivity contribution in [2.75, 3.05) is 23.3 Å². The highest BCUT2D eigenvalue weighted by atomic mass is 19.1. The third-order valence-electron chi connectivity index (χ3n) is 3.46. The summed E-state index contributed by atoms with van der Waals surface area (Å²) in [6.45, 7) is 3.33. The van der Waals surface area contributed by atoms with Gasteiger partial charge in [-0.1, -0.05) is 13.0 Å². The number of nitrogens with zero attached hydrogens (tertiary/aromatic N) is 3. The summed E-state index contributed by atoms with van der Waals surface area (Å²) in [7, 11) is 0. The Balaban J connectivity index is 1.96. The lowest BCUT2D eigenvalue weighted by Gasteiger charge is -2.19. The van der Waals surface area contributed by atoms with Gasteiger partial charge in [0.05, 0.1) is 6.20 Å². The Kier molecular flexibility index (Phi) is 3.68. The fourth-order valence-corrected chi connectivity index (χ4v) is 2.44. The summed E-state index contributed by atoms with van der Waals surface area (Å²) in [5.41, 5.74) is 1.67. The van der Waals surface area contributed by atoms with Crippen molar-refractivity contribution in [3.8, 4) is 0 Å². The van der Waals surface area contributed by atoms with Gasteiger partial charge in [-0.05, 0) is 30.5 Å². The smallest absolute Gasteiger partial charge is 0.224 e. The van der Waals surface area contributed by atoms with Gasteiger partial charge in [0.25, 0.3) is 0 Å². The molecule has 0 radical (unpaired) electrons. The van der Waals surface area contributed by atoms with Crippen LogP contribution in [0.3, 0.4) is 0 Å². The standard InChI is InChI=1S/C15H16F2N4/c1-2-6-18-15-19-9-12(17)14(20-15)21-7-5-10-3-4-11(16)8-13(10)21/h3-4,8-9H,2,5-7H2,1H3,(H,18,19,20). The van der Waals surface area contributed by atoms with E-state index in [1.54, 1.807) is 11.0 Å². The second kappa shape index (κ2) is 5.63. The quantitative estimate of drug-likeness (QED) is 0.938. The average molecular weight is 290 g/mol. The van der Waals surface area contributed by atoms with Crippen molar-refractivity contribution in [1.29, 1.82) is 0 Å². The van der Waals surface area contributed by atoms with Gasteiger partial charge >= 0.3 is 0 Å². The van der Waals surface area contributed by atoms with Crippen LogP contribution in [0.5, 0.6) is 0 Å². The van der Waals surface area contributed by atoms with Crippen molar-refractivity contribution in [3.05, 3.63) is 41.6 Å². The van der Waals surface area contributed by atoms with Crippen LogP contribution in [0.1, 0.15) is 18.9 Å². The highest BCUT2D eigenvalue weighted by molar-refractivity contribution is 5.68. The zero-order valence-electron chi connectivity index (χ0n) is 11.7. The summed E-state index contributed by atoms with van der Waals surface area (Å²) in [5, 5.41) is 3.03. The predicted octanol–water partition coefficient (Wildman–Crippen LogP) is 3.27. The Morgan fingerprint density at radius 2 is 2.19 bits per heavy atom. The molecule has 0 saturated carbocycles. The molecule has 4 nitrogen and oxygen atoms in total. The van der Waals surface area contributed by atoms with Gasteiger partial charge in [0.1, 0.15) is 5.82 Å². The molecule has 1 N–H and O–H groups in total. The summed E-state index contributed by atoms with van der Waals surface area (Å²) in [5.74, 6) is -0.264. The minimum atomic E-state index is -0.505. The highest BCUT2D eigenvalue weighted by Crippen LogP contribution is 2.35. The van der Waals surface area contributed by atoms with E-state index in [2.05, 4.69) is 15.3 Å². The first kappa shape index (κ1) is 13.7. The third kappa shape index (κ3) is 2.66. The normalized spacial score (nSPS) is 13.4. The van der Waals surface area contributed by atoms with Crippen LogP contribution < -0.4 is 10.2 Å². The SMILES string of the molecule is CCCNc1ncc(F)c(N2CCc3ccc(F)cc32)n1. The fourth-order valence-electron chi connectivity index (χ4n) is 2.44. The maximum Gasteiger partial charge on any atom is 0.224 e. The lowest BCUT2D eigenvalue weighted by Crippen LogP contribution is -2.18. The second-order valence-corrected chi connectivity index (χ2v) is 4.97. The molecule has 0 amide bonds. The average Bonchev–Trinajstić information content (AvgIpc) is 2.89. The van der Waals surface area contributed by atoms with Crippen LogP contribution in [0, 0.1) is 11.6 Å². The predicted molar refractivity (Wildman–Crippen MR) is 77.9 cm³/mol. The maximum atomic E-state index is 14.1. The Morgan fingerprint density at radius 1 is 1.33 bits per heavy atom. The molecule has 3 rings (SSSR count). The maximum absolute atomic E-state index is 14.1. The number of anilines is 3. The molecule has 2 heterocycles. The molecule has 1 aliphatic rings. The highest BCUT2D eigenvalue weighted by Gasteiger charge is 2.25. The molecule has 0 aliphatic carbocycles. The van der Waals surface area contributed by atoms with Crippen LogP contribution in [0.15, 0.2) is 24.4 Å². The van der Waals surface area contributed by atoms with Gasteiger partial charge in [-0.15, -0.1) is 0 Å². The van der Waals surface area contributed by atoms with Crippen LogP contribution in [0.2, 0.25) is 0 Å². The number of fused-ring (bicyclic) bond motifs is 1. The van der Waals surface area contributed by atoms with Crippen LogP contribution in [-0.2, 0) is 6.42 Å². The summed E-state index contributed by atoms with van der Waals surface area (Å²) in [4.78, 5) is 9.85. The first-order chi connectivity index (χ1) is 10.2. The van der Waals surface area contributed by atoms with Gasteiger partial charge in [0, 0.05) is 18.8 Å². The summed E-state index contributed by atoms with van der Waals surface area (Å²) in [6.07, 6.45) is 2.82. The molecule has 1 aliphatic heterocycles. The van der Waals surface area contributed by atoms with Crippen LogP contribution >= 0.6 is 0 Å². The molecule has 0 bridgehead atoms. The van der Waals surface area contributed by atoms with Gasteiger partial charge in [0.15, 0.2) is 11.6 Å². The van der Waals surface area contributed by atoms with Gasteiger partial charge in [-0.3, -0.25) is 0 Å². The van der Waals surface area contributed by atoms with Gasteiger partial charge in [0.2, 0.25) is 5.95 Å². The molecule has 0 saturated heterocycles. The Morgan fingerprint density at radius 3 is 3.00 bits per heavy atom. The molecular weight excluding hydrogens is 274 g/mol. The Labute approximate surface area is 121 Å². The number of hydrogen-bond donors (Lipinski definition) is 1. The molecule has 0 fully saturated rings. The van der Waals surface area contributed by atoms with Crippen molar-refractivity contribution in [1.82, 2.24) is 9.97 Å². The molecular formula is C15H16F2N4. The van der Waals surface area contributed by atoms with E-state index in [0.717, 1.165) is 31.1 Å². The molecule has 110 valence electrons. The van der Waals surface area contributed by atoms with E-state index in [1.165, 1.54) is 12.1 Å². The van der Waals surface area contributed by atoms with Gasteiger partial charge in [-0.2, -0.15) is 4.98 Å². The number of aromatic nitrogens is 2. The molecule has 0 atom stereocenters.